The van der Waals surface area contributed by atoms with Crippen LogP contribution in [0.4, 0.5) is 0 Å². The number of hydrogen-bond donors (Lipinski definition) is 1. The molecule has 6 heteroatoms. The van der Waals surface area contributed by atoms with Crippen LogP contribution in [0.25, 0.3) is 0 Å². The number of fused-ring (bicyclic) bond motifs is 5. The van der Waals surface area contributed by atoms with Crippen molar-refractivity contribution in [2.24, 2.45) is 46.3 Å². The van der Waals surface area contributed by atoms with E-state index in [1.165, 1.54) is 50.5 Å². The van der Waals surface area contributed by atoms with Crippen LogP contribution in [0.3, 0.4) is 0 Å². The summed E-state index contributed by atoms with van der Waals surface area (Å²) in [6.07, 6.45) is 15.1. The molecule has 0 bridgehead atoms. The molecular weight excluding hydrogens is 442 g/mol. The molecule has 0 aliphatic heterocycles. The Balaban J connectivity index is 0.00000306. The van der Waals surface area contributed by atoms with Gasteiger partial charge in [-0.15, -0.1) is 0 Å². The first-order chi connectivity index (χ1) is 14.9. The van der Waals surface area contributed by atoms with Gasteiger partial charge in [0.1, 0.15) is 0 Å². The van der Waals surface area contributed by atoms with Crippen molar-refractivity contribution in [3.63, 3.8) is 0 Å². The molecular formula is C27H46NaO4P. The van der Waals surface area contributed by atoms with E-state index in [4.69, 9.17) is 9.42 Å². The SMILES string of the molecule is CC(C)CCCC(C)[C@H]1CC[C@H]2[C@@H]3CC=C4C[C@@H](OP(=O)([O-])O)CC[C@]4(C)[C@H]3CC[C@]12C.[Na+]. The van der Waals surface area contributed by atoms with Crippen LogP contribution in [0.5, 0.6) is 0 Å². The third kappa shape index (κ3) is 5.73. The van der Waals surface area contributed by atoms with Crippen LogP contribution in [0, 0.1) is 46.3 Å². The Hall–Kier alpha value is 0.850. The van der Waals surface area contributed by atoms with Crippen molar-refractivity contribution in [2.75, 3.05) is 0 Å². The van der Waals surface area contributed by atoms with E-state index in [0.717, 1.165) is 48.9 Å². The summed E-state index contributed by atoms with van der Waals surface area (Å²) in [6.45, 7) is 12.3. The standard InChI is InChI=1S/C27H47O4P.Na/c1-18(2)7-6-8-19(3)23-11-12-24-22-10-9-20-17-21(31-32(28,29)30)13-15-26(20,4)25(22)14-16-27(23,24)5;/h9,18-19,21-25H,6-8,10-17H2,1-5H3,(H2,28,29,30);/q;+1/p-1/t19?,21-,22-,23+,24-,25-,26-,27+;/m0./s1. The maximum atomic E-state index is 11.3. The number of rotatable bonds is 7. The summed E-state index contributed by atoms with van der Waals surface area (Å²) in [4.78, 5) is 20.4. The summed E-state index contributed by atoms with van der Waals surface area (Å²) in [5.74, 6) is 4.84. The van der Waals surface area contributed by atoms with Crippen LogP contribution >= 0.6 is 7.82 Å². The van der Waals surface area contributed by atoms with Crippen molar-refractivity contribution >= 4 is 7.82 Å². The first-order valence-electron chi connectivity index (χ1n) is 13.4. The van der Waals surface area contributed by atoms with Gasteiger partial charge in [-0.05, 0) is 97.7 Å². The molecule has 4 rings (SSSR count). The van der Waals surface area contributed by atoms with Crippen molar-refractivity contribution < 1.29 is 48.4 Å². The predicted molar refractivity (Wildman–Crippen MR) is 128 cm³/mol. The summed E-state index contributed by atoms with van der Waals surface area (Å²) >= 11 is 0. The summed E-state index contributed by atoms with van der Waals surface area (Å²) in [6, 6.07) is 0. The monoisotopic (exact) mass is 488 g/mol. The van der Waals surface area contributed by atoms with E-state index in [9.17, 15) is 9.46 Å². The van der Waals surface area contributed by atoms with E-state index in [0.29, 0.717) is 17.8 Å². The smallest absolute Gasteiger partial charge is 0.756 e. The van der Waals surface area contributed by atoms with Gasteiger partial charge >= 0.3 is 29.6 Å². The Morgan fingerprint density at radius 1 is 1.12 bits per heavy atom. The van der Waals surface area contributed by atoms with Crippen LogP contribution < -0.4 is 34.5 Å². The molecule has 0 amide bonds. The normalized spacial score (nSPS) is 42.9. The average molecular weight is 489 g/mol. The zero-order valence-electron chi connectivity index (χ0n) is 22.0. The van der Waals surface area contributed by atoms with E-state index >= 15 is 0 Å². The molecule has 0 aromatic carbocycles. The Kier molecular flexibility index (Phi) is 9.20. The maximum absolute atomic E-state index is 11.3. The number of phosphoric acid groups is 1. The molecule has 3 fully saturated rings. The van der Waals surface area contributed by atoms with E-state index in [1.807, 2.05) is 0 Å². The molecule has 184 valence electrons. The van der Waals surface area contributed by atoms with Crippen LogP contribution in [-0.2, 0) is 9.09 Å². The molecule has 4 aliphatic rings. The van der Waals surface area contributed by atoms with Gasteiger partial charge in [0.25, 0.3) is 7.82 Å². The summed E-state index contributed by atoms with van der Waals surface area (Å²) < 4.78 is 16.2. The summed E-state index contributed by atoms with van der Waals surface area (Å²) in [5.41, 5.74) is 2.06. The molecule has 0 heterocycles. The van der Waals surface area contributed by atoms with Crippen LogP contribution in [0.2, 0.25) is 0 Å². The molecule has 0 radical (unpaired) electrons. The quantitative estimate of drug-likeness (QED) is 0.336. The number of hydrogen-bond acceptors (Lipinski definition) is 3. The predicted octanol–water partition coefficient (Wildman–Crippen LogP) is 3.88. The second kappa shape index (κ2) is 10.7. The molecule has 2 unspecified atom stereocenters. The zero-order chi connectivity index (χ0) is 23.3. The minimum atomic E-state index is -4.66. The van der Waals surface area contributed by atoms with E-state index < -0.39 is 13.9 Å². The van der Waals surface area contributed by atoms with Gasteiger partial charge in [-0.3, -0.25) is 4.57 Å². The largest absolute Gasteiger partial charge is 1.00 e. The van der Waals surface area contributed by atoms with Gasteiger partial charge < -0.3 is 14.3 Å². The molecule has 1 N–H and O–H groups in total. The Morgan fingerprint density at radius 2 is 1.85 bits per heavy atom. The van der Waals surface area contributed by atoms with Crippen LogP contribution in [-0.4, -0.2) is 11.0 Å². The van der Waals surface area contributed by atoms with Gasteiger partial charge in [-0.25, -0.2) is 0 Å². The van der Waals surface area contributed by atoms with Crippen molar-refractivity contribution in [1.82, 2.24) is 0 Å². The van der Waals surface area contributed by atoms with Gasteiger partial charge in [-0.1, -0.05) is 65.5 Å². The molecule has 0 aromatic heterocycles. The fourth-order valence-corrected chi connectivity index (χ4v) is 9.49. The number of allylic oxidation sites excluding steroid dienone is 1. The van der Waals surface area contributed by atoms with E-state index in [-0.39, 0.29) is 35.0 Å². The molecule has 0 saturated heterocycles. The van der Waals surface area contributed by atoms with Gasteiger partial charge in [0, 0.05) is 0 Å². The second-order valence-corrected chi connectivity index (χ2v) is 13.9. The number of phosphoric ester groups is 1. The minimum Gasteiger partial charge on any atom is -0.756 e. The summed E-state index contributed by atoms with van der Waals surface area (Å²) in [7, 11) is -4.66. The third-order valence-electron chi connectivity index (χ3n) is 10.5. The van der Waals surface area contributed by atoms with E-state index in [1.54, 1.807) is 0 Å². The molecule has 33 heavy (non-hydrogen) atoms. The Labute approximate surface area is 224 Å². The molecule has 4 aliphatic carbocycles. The van der Waals surface area contributed by atoms with Gasteiger partial charge in [0.05, 0.1) is 6.10 Å². The van der Waals surface area contributed by atoms with Crippen molar-refractivity contribution in [3.05, 3.63) is 11.6 Å². The summed E-state index contributed by atoms with van der Waals surface area (Å²) in [5, 5.41) is 0. The topological polar surface area (TPSA) is 69.6 Å². The molecule has 0 aromatic rings. The molecule has 3 saturated carbocycles. The average Bonchev–Trinajstić information content (AvgIpc) is 3.04. The Morgan fingerprint density at radius 3 is 2.52 bits per heavy atom. The van der Waals surface area contributed by atoms with Gasteiger partial charge in [0.15, 0.2) is 0 Å². The second-order valence-electron chi connectivity index (χ2n) is 12.7. The molecule has 9 atom stereocenters. The third-order valence-corrected chi connectivity index (χ3v) is 11.1. The molecule has 4 nitrogen and oxygen atoms in total. The zero-order valence-corrected chi connectivity index (χ0v) is 24.9. The fraction of sp³-hybridized carbons (Fsp3) is 0.926. The van der Waals surface area contributed by atoms with Crippen molar-refractivity contribution in [1.29, 1.82) is 0 Å². The first kappa shape index (κ1) is 28.4. The Bertz CT molecular complexity index is 763. The van der Waals surface area contributed by atoms with Crippen LogP contribution in [0.15, 0.2) is 11.6 Å². The fourth-order valence-electron chi connectivity index (χ4n) is 8.93. The van der Waals surface area contributed by atoms with Gasteiger partial charge in [0.2, 0.25) is 0 Å². The van der Waals surface area contributed by atoms with Crippen molar-refractivity contribution in [3.8, 4) is 0 Å². The van der Waals surface area contributed by atoms with Crippen LogP contribution in [0.1, 0.15) is 105 Å². The van der Waals surface area contributed by atoms with Crippen molar-refractivity contribution in [2.45, 2.75) is 111 Å². The maximum Gasteiger partial charge on any atom is 1.00 e. The van der Waals surface area contributed by atoms with E-state index in [2.05, 4.69) is 40.7 Å². The minimum absolute atomic E-state index is 0. The van der Waals surface area contributed by atoms with Gasteiger partial charge in [-0.2, -0.15) is 0 Å². The first-order valence-corrected chi connectivity index (χ1v) is 14.9. The molecule has 0 spiro atoms.